The van der Waals surface area contributed by atoms with Gasteiger partial charge in [0.05, 0.1) is 0 Å². The first-order valence-electron chi connectivity index (χ1n) is 2.70. The van der Waals surface area contributed by atoms with Gasteiger partial charge in [-0.05, 0) is 6.08 Å². The smallest absolute Gasteiger partial charge is 0.245 e. The largest absolute Gasteiger partial charge is 0.339 e. The number of hydrogen-bond acceptors (Lipinski definition) is 1. The maximum absolute atomic E-state index is 10.7. The fraction of sp³-hybridized carbons (Fsp3) is 0.286. The van der Waals surface area contributed by atoms with Crippen molar-refractivity contribution in [1.29, 1.82) is 0 Å². The van der Waals surface area contributed by atoms with Crippen LogP contribution in [0.3, 0.4) is 0 Å². The lowest BCUT2D eigenvalue weighted by atomic mass is 10.5. The summed E-state index contributed by atoms with van der Waals surface area (Å²) in [6.45, 7) is 7.40. The van der Waals surface area contributed by atoms with Gasteiger partial charge in [-0.1, -0.05) is 12.7 Å². The van der Waals surface area contributed by atoms with Crippen LogP contribution in [0.2, 0.25) is 0 Å². The van der Waals surface area contributed by atoms with E-state index >= 15 is 0 Å². The molecule has 2 nitrogen and oxygen atoms in total. The zero-order valence-corrected chi connectivity index (χ0v) is 5.63. The van der Waals surface area contributed by atoms with Crippen LogP contribution in [0.1, 0.15) is 0 Å². The molecule has 9 heavy (non-hydrogen) atoms. The lowest BCUT2D eigenvalue weighted by Gasteiger charge is -2.10. The predicted molar refractivity (Wildman–Crippen MR) is 38.0 cm³/mol. The summed E-state index contributed by atoms with van der Waals surface area (Å²) in [5.41, 5.74) is 0. The Morgan fingerprint density at radius 2 is 2.22 bits per heavy atom. The molecule has 0 fully saturated rings. The van der Waals surface area contributed by atoms with Gasteiger partial charge in [0.15, 0.2) is 0 Å². The molecule has 0 aliphatic rings. The van der Waals surface area contributed by atoms with Crippen LogP contribution in [0.5, 0.6) is 0 Å². The van der Waals surface area contributed by atoms with Crippen molar-refractivity contribution >= 4 is 5.91 Å². The highest BCUT2D eigenvalue weighted by atomic mass is 16.2. The summed E-state index contributed by atoms with van der Waals surface area (Å²) >= 11 is 0. The van der Waals surface area contributed by atoms with E-state index in [1.807, 2.05) is 0 Å². The second-order valence-electron chi connectivity index (χ2n) is 1.71. The number of amides is 1. The van der Waals surface area contributed by atoms with Crippen LogP contribution < -0.4 is 0 Å². The van der Waals surface area contributed by atoms with Crippen molar-refractivity contribution in [2.24, 2.45) is 0 Å². The molecular formula is C7H11NO. The fourth-order valence-electron chi connectivity index (χ4n) is 0.439. The van der Waals surface area contributed by atoms with Gasteiger partial charge in [0.1, 0.15) is 0 Å². The summed E-state index contributed by atoms with van der Waals surface area (Å²) in [6, 6.07) is 0. The topological polar surface area (TPSA) is 20.3 Å². The molecule has 0 aromatic heterocycles. The molecular weight excluding hydrogens is 114 g/mol. The molecule has 0 saturated carbocycles. The maximum Gasteiger partial charge on any atom is 0.245 e. The summed E-state index contributed by atoms with van der Waals surface area (Å²) in [7, 11) is 1.70. The lowest BCUT2D eigenvalue weighted by molar-refractivity contribution is -0.124. The Morgan fingerprint density at radius 1 is 1.67 bits per heavy atom. The van der Waals surface area contributed by atoms with Crippen molar-refractivity contribution in [2.45, 2.75) is 0 Å². The molecule has 0 radical (unpaired) electrons. The first-order chi connectivity index (χ1) is 4.22. The maximum atomic E-state index is 10.7. The minimum Gasteiger partial charge on any atom is -0.339 e. The monoisotopic (exact) mass is 125 g/mol. The zero-order valence-electron chi connectivity index (χ0n) is 5.63. The van der Waals surface area contributed by atoms with E-state index in [1.54, 1.807) is 13.1 Å². The number of hydrogen-bond donors (Lipinski definition) is 0. The van der Waals surface area contributed by atoms with Crippen LogP contribution in [0.25, 0.3) is 0 Å². The van der Waals surface area contributed by atoms with E-state index in [-0.39, 0.29) is 5.91 Å². The van der Waals surface area contributed by atoms with Crippen LogP contribution in [-0.2, 0) is 4.79 Å². The average molecular weight is 125 g/mol. The van der Waals surface area contributed by atoms with Crippen molar-refractivity contribution in [3.05, 3.63) is 25.3 Å². The number of nitrogens with zero attached hydrogens (tertiary/aromatic N) is 1. The van der Waals surface area contributed by atoms with Crippen molar-refractivity contribution in [2.75, 3.05) is 13.6 Å². The second kappa shape index (κ2) is 3.89. The summed E-state index contributed by atoms with van der Waals surface area (Å²) < 4.78 is 0. The number of carbonyl (C=O) groups excluding carboxylic acids is 1. The third kappa shape index (κ3) is 2.69. The van der Waals surface area contributed by atoms with Crippen LogP contribution >= 0.6 is 0 Å². The van der Waals surface area contributed by atoms with Gasteiger partial charge in [-0.25, -0.2) is 0 Å². The highest BCUT2D eigenvalue weighted by molar-refractivity contribution is 5.86. The second-order valence-corrected chi connectivity index (χ2v) is 1.71. The molecule has 0 aliphatic heterocycles. The Balaban J connectivity index is 3.71. The van der Waals surface area contributed by atoms with Gasteiger partial charge in [-0.2, -0.15) is 0 Å². The Morgan fingerprint density at radius 3 is 2.56 bits per heavy atom. The van der Waals surface area contributed by atoms with E-state index in [9.17, 15) is 4.79 Å². The number of rotatable bonds is 3. The molecule has 0 aliphatic carbocycles. The highest BCUT2D eigenvalue weighted by Crippen LogP contribution is 1.83. The standard InChI is InChI=1S/C7H11NO/c1-4-6-8(3)7(9)5-2/h4-5H,1-2,6H2,3H3. The first-order valence-corrected chi connectivity index (χ1v) is 2.70. The minimum atomic E-state index is -0.0742. The Kier molecular flexibility index (Phi) is 3.44. The molecule has 1 amide bonds. The SMILES string of the molecule is C=CCN(C)C(=O)C=C. The molecule has 0 aromatic rings. The Hall–Kier alpha value is -1.05. The molecule has 0 N–H and O–H groups in total. The van der Waals surface area contributed by atoms with E-state index in [0.29, 0.717) is 6.54 Å². The molecule has 0 aromatic carbocycles. The summed E-state index contributed by atoms with van der Waals surface area (Å²) in [4.78, 5) is 12.2. The van der Waals surface area contributed by atoms with Gasteiger partial charge in [-0.15, -0.1) is 6.58 Å². The summed E-state index contributed by atoms with van der Waals surface area (Å²) in [6.07, 6.45) is 2.95. The molecule has 0 spiro atoms. The van der Waals surface area contributed by atoms with Gasteiger partial charge >= 0.3 is 0 Å². The van der Waals surface area contributed by atoms with Crippen LogP contribution in [0.15, 0.2) is 25.3 Å². The van der Waals surface area contributed by atoms with Crippen LogP contribution in [0, 0.1) is 0 Å². The number of carbonyl (C=O) groups is 1. The van der Waals surface area contributed by atoms with Crippen molar-refractivity contribution in [3.8, 4) is 0 Å². The summed E-state index contributed by atoms with van der Waals surface area (Å²) in [5, 5.41) is 0. The third-order valence-electron chi connectivity index (χ3n) is 0.954. The fourth-order valence-corrected chi connectivity index (χ4v) is 0.439. The van der Waals surface area contributed by atoms with E-state index in [1.165, 1.54) is 11.0 Å². The lowest BCUT2D eigenvalue weighted by Crippen LogP contribution is -2.24. The van der Waals surface area contributed by atoms with Crippen LogP contribution in [0.4, 0.5) is 0 Å². The summed E-state index contributed by atoms with van der Waals surface area (Å²) in [5.74, 6) is -0.0742. The van der Waals surface area contributed by atoms with E-state index in [4.69, 9.17) is 0 Å². The van der Waals surface area contributed by atoms with E-state index in [0.717, 1.165) is 0 Å². The quantitative estimate of drug-likeness (QED) is 0.404. The van der Waals surface area contributed by atoms with E-state index < -0.39 is 0 Å². The molecule has 0 saturated heterocycles. The van der Waals surface area contributed by atoms with Crippen LogP contribution in [-0.4, -0.2) is 24.4 Å². The van der Waals surface area contributed by atoms with E-state index in [2.05, 4.69) is 13.2 Å². The predicted octanol–water partition coefficient (Wildman–Crippen LogP) is 0.817. The van der Waals surface area contributed by atoms with Gasteiger partial charge in [0, 0.05) is 13.6 Å². The molecule has 0 unspecified atom stereocenters. The third-order valence-corrected chi connectivity index (χ3v) is 0.954. The highest BCUT2D eigenvalue weighted by Gasteiger charge is 1.98. The molecule has 0 atom stereocenters. The first kappa shape index (κ1) is 7.95. The molecule has 0 bridgehead atoms. The molecule has 2 heteroatoms. The average Bonchev–Trinajstić information content (AvgIpc) is 1.87. The Bertz CT molecular complexity index is 129. The van der Waals surface area contributed by atoms with Gasteiger partial charge < -0.3 is 4.90 Å². The van der Waals surface area contributed by atoms with Gasteiger partial charge in [0.25, 0.3) is 0 Å². The molecule has 0 rings (SSSR count). The molecule has 50 valence electrons. The zero-order chi connectivity index (χ0) is 7.28. The normalized spacial score (nSPS) is 8.11. The van der Waals surface area contributed by atoms with Gasteiger partial charge in [-0.3, -0.25) is 4.79 Å². The van der Waals surface area contributed by atoms with Crippen molar-refractivity contribution in [3.63, 3.8) is 0 Å². The molecule has 0 heterocycles. The number of likely N-dealkylation sites (N-methyl/N-ethyl adjacent to an activating group) is 1. The Labute approximate surface area is 55.5 Å². The van der Waals surface area contributed by atoms with Crippen molar-refractivity contribution < 1.29 is 4.79 Å². The van der Waals surface area contributed by atoms with Gasteiger partial charge in [0.2, 0.25) is 5.91 Å². The minimum absolute atomic E-state index is 0.0742. The van der Waals surface area contributed by atoms with Crippen molar-refractivity contribution in [1.82, 2.24) is 4.90 Å².